The highest BCUT2D eigenvalue weighted by Crippen LogP contribution is 2.70. The second-order valence-corrected chi connectivity index (χ2v) is 11.3. The van der Waals surface area contributed by atoms with Gasteiger partial charge >= 0.3 is 5.97 Å². The van der Waals surface area contributed by atoms with Crippen LogP contribution in [0.5, 0.6) is 0 Å². The molecule has 1 N–H and O–H groups in total. The molecule has 4 aliphatic carbocycles. The maximum absolute atomic E-state index is 12.6. The molecule has 2 unspecified atom stereocenters. The molecule has 0 amide bonds. The minimum atomic E-state index is -0.488. The fourth-order valence-corrected chi connectivity index (χ4v) is 9.28. The lowest BCUT2D eigenvalue weighted by molar-refractivity contribution is -0.174. The first kappa shape index (κ1) is 19.8. The second kappa shape index (κ2) is 7.06. The van der Waals surface area contributed by atoms with Crippen molar-refractivity contribution < 1.29 is 9.90 Å². The van der Waals surface area contributed by atoms with E-state index < -0.39 is 5.97 Å². The van der Waals surface area contributed by atoms with E-state index in [0.717, 1.165) is 18.3 Å². The zero-order valence-corrected chi connectivity index (χ0v) is 18.2. The molecule has 4 aliphatic rings. The van der Waals surface area contributed by atoms with Crippen LogP contribution in [0, 0.1) is 52.3 Å². The molecule has 0 aliphatic heterocycles. The number of aliphatic carboxylic acids is 1. The largest absolute Gasteiger partial charge is 0.481 e. The molecule has 2 heteroatoms. The molecule has 4 rings (SSSR count). The second-order valence-electron chi connectivity index (χ2n) is 11.3. The molecule has 0 saturated heterocycles. The van der Waals surface area contributed by atoms with E-state index in [1.807, 2.05) is 0 Å². The Kier molecular flexibility index (Phi) is 5.17. The third-order valence-corrected chi connectivity index (χ3v) is 10.5. The van der Waals surface area contributed by atoms with Gasteiger partial charge in [-0.25, -0.2) is 0 Å². The monoisotopic (exact) mass is 374 g/mol. The Morgan fingerprint density at radius 2 is 1.85 bits per heavy atom. The Balaban J connectivity index is 1.70. The van der Waals surface area contributed by atoms with Gasteiger partial charge in [0.2, 0.25) is 0 Å². The molecule has 0 aromatic carbocycles. The van der Waals surface area contributed by atoms with Crippen LogP contribution >= 0.6 is 0 Å². The summed E-state index contributed by atoms with van der Waals surface area (Å²) in [5.74, 6) is 3.65. The minimum absolute atomic E-state index is 0.0272. The molecule has 2 nitrogen and oxygen atoms in total. The van der Waals surface area contributed by atoms with Gasteiger partial charge in [0.15, 0.2) is 0 Å². The van der Waals surface area contributed by atoms with Crippen molar-refractivity contribution in [1.29, 1.82) is 0 Å². The molecule has 27 heavy (non-hydrogen) atoms. The van der Waals surface area contributed by atoms with Gasteiger partial charge in [0.1, 0.15) is 0 Å². The first-order valence-electron chi connectivity index (χ1n) is 12.1. The summed E-state index contributed by atoms with van der Waals surface area (Å²) in [5.41, 5.74) is 0.447. The summed E-state index contributed by atoms with van der Waals surface area (Å²) in [6.45, 7) is 9.65. The van der Waals surface area contributed by atoms with Gasteiger partial charge in [0.25, 0.3) is 0 Å². The van der Waals surface area contributed by atoms with Gasteiger partial charge in [0, 0.05) is 0 Å². The standard InChI is InChI=1S/C25H42O2/c1-5-8-16(2)19-12-13-20-18-11-10-17-9-6-7-14-24(17,3)21(18)15-22(23(26)27)25(19,20)4/h16-22H,5-15H2,1-4H3,(H,26,27)/t16-,17?,18+,19-,20+,21+,22?,24+,25-/m1/s1. The summed E-state index contributed by atoms with van der Waals surface area (Å²) in [6, 6.07) is 0. The summed E-state index contributed by atoms with van der Waals surface area (Å²) in [6.07, 6.45) is 14.3. The van der Waals surface area contributed by atoms with Crippen LogP contribution in [0.25, 0.3) is 0 Å². The van der Waals surface area contributed by atoms with Crippen molar-refractivity contribution in [2.75, 3.05) is 0 Å². The zero-order valence-electron chi connectivity index (χ0n) is 18.2. The van der Waals surface area contributed by atoms with Crippen LogP contribution in [0.1, 0.15) is 98.3 Å². The molecule has 0 heterocycles. The number of hydrogen-bond donors (Lipinski definition) is 1. The molecule has 0 aromatic heterocycles. The molecule has 4 saturated carbocycles. The van der Waals surface area contributed by atoms with Crippen molar-refractivity contribution in [3.8, 4) is 0 Å². The van der Waals surface area contributed by atoms with E-state index in [0.29, 0.717) is 29.1 Å². The lowest BCUT2D eigenvalue weighted by Crippen LogP contribution is -2.57. The van der Waals surface area contributed by atoms with E-state index in [1.54, 1.807) is 0 Å². The van der Waals surface area contributed by atoms with Crippen molar-refractivity contribution in [3.63, 3.8) is 0 Å². The molecule has 0 radical (unpaired) electrons. The Bertz CT molecular complexity index is 571. The van der Waals surface area contributed by atoms with Crippen molar-refractivity contribution in [2.24, 2.45) is 52.3 Å². The molecular weight excluding hydrogens is 332 g/mol. The topological polar surface area (TPSA) is 37.3 Å². The van der Waals surface area contributed by atoms with Gasteiger partial charge in [-0.15, -0.1) is 0 Å². The van der Waals surface area contributed by atoms with Gasteiger partial charge in [0.05, 0.1) is 5.92 Å². The van der Waals surface area contributed by atoms with E-state index in [-0.39, 0.29) is 11.3 Å². The quantitative estimate of drug-likeness (QED) is 0.588. The van der Waals surface area contributed by atoms with Gasteiger partial charge in [-0.3, -0.25) is 4.79 Å². The Hall–Kier alpha value is -0.530. The summed E-state index contributed by atoms with van der Waals surface area (Å²) >= 11 is 0. The zero-order chi connectivity index (χ0) is 19.4. The fourth-order valence-electron chi connectivity index (χ4n) is 9.28. The van der Waals surface area contributed by atoms with Crippen molar-refractivity contribution >= 4 is 5.97 Å². The molecule has 9 atom stereocenters. The predicted octanol–water partition coefficient (Wildman–Crippen LogP) is 6.78. The van der Waals surface area contributed by atoms with E-state index >= 15 is 0 Å². The van der Waals surface area contributed by atoms with Crippen molar-refractivity contribution in [3.05, 3.63) is 0 Å². The third kappa shape index (κ3) is 2.83. The number of carboxylic acid groups (broad SMARTS) is 1. The van der Waals surface area contributed by atoms with E-state index in [4.69, 9.17) is 0 Å². The normalized spacial score (nSPS) is 50.4. The first-order valence-corrected chi connectivity index (χ1v) is 12.1. The van der Waals surface area contributed by atoms with Gasteiger partial charge in [-0.2, -0.15) is 0 Å². The van der Waals surface area contributed by atoms with E-state index in [9.17, 15) is 9.90 Å². The van der Waals surface area contributed by atoms with Gasteiger partial charge in [-0.1, -0.05) is 53.4 Å². The smallest absolute Gasteiger partial charge is 0.307 e. The lowest BCUT2D eigenvalue weighted by Gasteiger charge is -2.62. The molecule has 0 aromatic rings. The number of hydrogen-bond acceptors (Lipinski definition) is 1. The fraction of sp³-hybridized carbons (Fsp3) is 0.960. The highest BCUT2D eigenvalue weighted by Gasteiger charge is 2.64. The van der Waals surface area contributed by atoms with Crippen molar-refractivity contribution in [1.82, 2.24) is 0 Å². The van der Waals surface area contributed by atoms with E-state index in [1.165, 1.54) is 64.2 Å². The highest BCUT2D eigenvalue weighted by atomic mass is 16.4. The van der Waals surface area contributed by atoms with Gasteiger partial charge < -0.3 is 5.11 Å². The maximum atomic E-state index is 12.6. The third-order valence-electron chi connectivity index (χ3n) is 10.5. The SMILES string of the molecule is CCC[C@@H](C)[C@H]1CC[C@H]2[C@@H]3CCC4CCCC[C@]4(C)[C@H]3CC(C(=O)O)[C@]12C. The summed E-state index contributed by atoms with van der Waals surface area (Å²) in [5, 5.41) is 10.4. The number of carbonyl (C=O) groups is 1. The lowest BCUT2D eigenvalue weighted by atomic mass is 9.42. The average molecular weight is 375 g/mol. The van der Waals surface area contributed by atoms with Crippen LogP contribution in [0.3, 0.4) is 0 Å². The average Bonchev–Trinajstić information content (AvgIpc) is 2.98. The van der Waals surface area contributed by atoms with Crippen LogP contribution in [0.4, 0.5) is 0 Å². The van der Waals surface area contributed by atoms with E-state index in [2.05, 4.69) is 27.7 Å². The minimum Gasteiger partial charge on any atom is -0.481 e. The van der Waals surface area contributed by atoms with Gasteiger partial charge in [-0.05, 0) is 91.3 Å². The summed E-state index contributed by atoms with van der Waals surface area (Å²) in [4.78, 5) is 12.6. The Morgan fingerprint density at radius 1 is 1.07 bits per heavy atom. The van der Waals surface area contributed by atoms with Crippen LogP contribution < -0.4 is 0 Å². The highest BCUT2D eigenvalue weighted by molar-refractivity contribution is 5.71. The van der Waals surface area contributed by atoms with Crippen LogP contribution in [-0.2, 0) is 4.79 Å². The maximum Gasteiger partial charge on any atom is 0.307 e. The Labute approximate surface area is 166 Å². The molecular formula is C25H42O2. The number of fused-ring (bicyclic) bond motifs is 5. The number of carboxylic acids is 1. The molecule has 4 fully saturated rings. The van der Waals surface area contributed by atoms with Crippen LogP contribution in [0.2, 0.25) is 0 Å². The summed E-state index contributed by atoms with van der Waals surface area (Å²) in [7, 11) is 0. The summed E-state index contributed by atoms with van der Waals surface area (Å²) < 4.78 is 0. The molecule has 154 valence electrons. The molecule has 0 spiro atoms. The predicted molar refractivity (Wildman–Crippen MR) is 110 cm³/mol. The van der Waals surface area contributed by atoms with Crippen molar-refractivity contribution in [2.45, 2.75) is 98.3 Å². The molecule has 0 bridgehead atoms. The van der Waals surface area contributed by atoms with Crippen LogP contribution in [0.15, 0.2) is 0 Å². The first-order chi connectivity index (χ1) is 12.8. The Morgan fingerprint density at radius 3 is 2.56 bits per heavy atom. The van der Waals surface area contributed by atoms with Crippen LogP contribution in [-0.4, -0.2) is 11.1 Å². The number of rotatable bonds is 4.